The summed E-state index contributed by atoms with van der Waals surface area (Å²) in [5, 5.41) is 6.53. The van der Waals surface area contributed by atoms with Gasteiger partial charge in [-0.3, -0.25) is 29.8 Å². The molecule has 4 amide bonds. The molecule has 0 spiro atoms. The highest BCUT2D eigenvalue weighted by atomic mass is 79.9. The minimum absolute atomic E-state index is 0.250. The molecule has 10 heteroatoms. The summed E-state index contributed by atoms with van der Waals surface area (Å²) >= 11 is 6.61. The average molecular weight is 650 g/mol. The molecule has 2 aliphatic heterocycles. The second kappa shape index (κ2) is 10.1. The third kappa shape index (κ3) is 4.37. The molecule has 4 aromatic rings. The van der Waals surface area contributed by atoms with Gasteiger partial charge < -0.3 is 9.97 Å². The smallest absolute Gasteiger partial charge is 0.265 e. The molecule has 4 N–H and O–H groups in total. The molecule has 196 valence electrons. The molecule has 8 nitrogen and oxygen atoms in total. The number of benzene rings is 2. The van der Waals surface area contributed by atoms with E-state index >= 15 is 0 Å². The van der Waals surface area contributed by atoms with E-state index in [2.05, 4.69) is 52.5 Å². The summed E-state index contributed by atoms with van der Waals surface area (Å²) in [5.41, 5.74) is 5.88. The van der Waals surface area contributed by atoms with E-state index in [9.17, 15) is 19.2 Å². The van der Waals surface area contributed by atoms with Crippen molar-refractivity contribution in [3.8, 4) is 0 Å². The van der Waals surface area contributed by atoms with Gasteiger partial charge in [0.1, 0.15) is 0 Å². The molecule has 0 saturated heterocycles. The van der Waals surface area contributed by atoms with Crippen molar-refractivity contribution in [2.75, 3.05) is 0 Å². The molecule has 0 atom stereocenters. The third-order valence-electron chi connectivity index (χ3n) is 7.17. The fraction of sp³-hybridized carbons (Fsp3) is 0.172. The molecule has 6 rings (SSSR count). The number of hydrogen-bond donors (Lipinski definition) is 4. The van der Waals surface area contributed by atoms with Crippen LogP contribution < -0.4 is 10.6 Å². The average Bonchev–Trinajstić information content (AvgIpc) is 3.60. The number of halogens is 2. The van der Waals surface area contributed by atoms with Crippen LogP contribution in [0.2, 0.25) is 0 Å². The van der Waals surface area contributed by atoms with Gasteiger partial charge in [-0.1, -0.05) is 42.8 Å². The summed E-state index contributed by atoms with van der Waals surface area (Å²) in [5.74, 6) is -1.67. The number of aryl methyl sites for hydroxylation is 2. The van der Waals surface area contributed by atoms with Gasteiger partial charge in [0.15, 0.2) is 0 Å². The summed E-state index contributed by atoms with van der Waals surface area (Å²) in [6.45, 7) is 0. The van der Waals surface area contributed by atoms with Crippen molar-refractivity contribution in [1.82, 2.24) is 20.6 Å². The highest BCUT2D eigenvalue weighted by molar-refractivity contribution is 9.12. The van der Waals surface area contributed by atoms with Crippen LogP contribution in [0.1, 0.15) is 41.8 Å². The lowest BCUT2D eigenvalue weighted by atomic mass is 9.97. The quantitative estimate of drug-likeness (QED) is 0.156. The molecule has 0 unspecified atom stereocenters. The van der Waals surface area contributed by atoms with Crippen LogP contribution in [-0.2, 0) is 32.0 Å². The Kier molecular flexibility index (Phi) is 6.60. The molecular weight excluding hydrogens is 628 g/mol. The van der Waals surface area contributed by atoms with Crippen molar-refractivity contribution in [2.24, 2.45) is 0 Å². The first-order valence-electron chi connectivity index (χ1n) is 12.6. The van der Waals surface area contributed by atoms with Crippen molar-refractivity contribution in [1.29, 1.82) is 0 Å². The summed E-state index contributed by atoms with van der Waals surface area (Å²) in [4.78, 5) is 56.3. The monoisotopic (exact) mass is 648 g/mol. The van der Waals surface area contributed by atoms with E-state index in [0.717, 1.165) is 63.6 Å². The van der Waals surface area contributed by atoms with Crippen molar-refractivity contribution in [3.63, 3.8) is 0 Å². The Bertz CT molecular complexity index is 1660. The van der Waals surface area contributed by atoms with E-state index in [4.69, 9.17) is 0 Å². The van der Waals surface area contributed by atoms with Gasteiger partial charge in [0.25, 0.3) is 23.6 Å². The lowest BCUT2D eigenvalue weighted by Crippen LogP contribution is -2.22. The zero-order valence-electron chi connectivity index (χ0n) is 20.5. The molecule has 2 aromatic heterocycles. The highest BCUT2D eigenvalue weighted by Crippen LogP contribution is 2.37. The minimum Gasteiger partial charge on any atom is -0.358 e. The zero-order valence-corrected chi connectivity index (χ0v) is 23.7. The molecule has 0 bridgehead atoms. The van der Waals surface area contributed by atoms with E-state index in [0.29, 0.717) is 24.0 Å². The molecule has 0 saturated carbocycles. The number of amides is 4. The maximum absolute atomic E-state index is 12.6. The SMILES string of the molecule is O=C1NC(=O)C(c2c(CCCCCc3[nH]c4ccccc4c3C3=C(Br)C(=O)NC3=O)[nH]c3ccccc23)=C1Br. The number of carbonyl (C=O) groups excluding carboxylic acids is 4. The van der Waals surface area contributed by atoms with Gasteiger partial charge in [0.05, 0.1) is 20.1 Å². The normalized spacial score (nSPS) is 15.8. The molecule has 0 fully saturated rings. The van der Waals surface area contributed by atoms with Gasteiger partial charge in [-0.15, -0.1) is 0 Å². The van der Waals surface area contributed by atoms with Crippen LogP contribution in [0.3, 0.4) is 0 Å². The Labute approximate surface area is 239 Å². The van der Waals surface area contributed by atoms with Gasteiger partial charge in [-0.2, -0.15) is 0 Å². The number of hydrogen-bond acceptors (Lipinski definition) is 4. The maximum Gasteiger partial charge on any atom is 0.265 e. The van der Waals surface area contributed by atoms with Gasteiger partial charge in [0, 0.05) is 44.3 Å². The first kappa shape index (κ1) is 25.5. The fourth-order valence-electron chi connectivity index (χ4n) is 5.44. The Morgan fingerprint density at radius 3 is 1.33 bits per heavy atom. The first-order valence-corrected chi connectivity index (χ1v) is 14.1. The van der Waals surface area contributed by atoms with Crippen LogP contribution in [-0.4, -0.2) is 33.6 Å². The molecule has 2 aliphatic rings. The predicted octanol–water partition coefficient (Wildman–Crippen LogP) is 5.13. The van der Waals surface area contributed by atoms with Crippen molar-refractivity contribution >= 4 is 88.4 Å². The molecule has 0 aliphatic carbocycles. The maximum atomic E-state index is 12.6. The highest BCUT2D eigenvalue weighted by Gasteiger charge is 2.34. The molecule has 4 heterocycles. The Hall–Kier alpha value is -3.76. The Morgan fingerprint density at radius 2 is 0.949 bits per heavy atom. The Balaban J connectivity index is 1.22. The summed E-state index contributed by atoms with van der Waals surface area (Å²) < 4.78 is 0.500. The predicted molar refractivity (Wildman–Crippen MR) is 156 cm³/mol. The number of unbranched alkanes of at least 4 members (excludes halogenated alkanes) is 2. The van der Waals surface area contributed by atoms with Crippen LogP contribution in [0, 0.1) is 0 Å². The largest absolute Gasteiger partial charge is 0.358 e. The van der Waals surface area contributed by atoms with Crippen molar-refractivity contribution in [2.45, 2.75) is 32.1 Å². The summed E-state index contributed by atoms with van der Waals surface area (Å²) in [6.07, 6.45) is 3.98. The first-order chi connectivity index (χ1) is 18.8. The van der Waals surface area contributed by atoms with Crippen molar-refractivity contribution < 1.29 is 19.2 Å². The second-order valence-electron chi connectivity index (χ2n) is 9.55. The van der Waals surface area contributed by atoms with Crippen LogP contribution in [0.25, 0.3) is 33.0 Å². The van der Waals surface area contributed by atoms with Crippen LogP contribution >= 0.6 is 31.9 Å². The van der Waals surface area contributed by atoms with E-state index < -0.39 is 23.6 Å². The molecule has 2 aromatic carbocycles. The standard InChI is InChI=1S/C29H22Br2N4O4/c30-24-22(26(36)34-28(24)38)20-14-8-4-6-10-16(14)32-18(20)12-2-1-3-13-19-21(15-9-5-7-11-17(15)33-19)23-25(31)29(39)35-27(23)37/h4-11,32-33H,1-3,12-13H2,(H,34,36,38)(H,35,37,39). The van der Waals surface area contributed by atoms with E-state index in [-0.39, 0.29) is 8.96 Å². The van der Waals surface area contributed by atoms with E-state index in [1.54, 1.807) is 0 Å². The van der Waals surface area contributed by atoms with Crippen LogP contribution in [0.15, 0.2) is 57.5 Å². The lowest BCUT2D eigenvalue weighted by Gasteiger charge is -2.07. The third-order valence-corrected chi connectivity index (χ3v) is 8.68. The van der Waals surface area contributed by atoms with Gasteiger partial charge in [-0.25, -0.2) is 0 Å². The number of aromatic nitrogens is 2. The summed E-state index contributed by atoms with van der Waals surface area (Å²) in [6, 6.07) is 15.5. The molecule has 39 heavy (non-hydrogen) atoms. The fourth-order valence-corrected chi connectivity index (χ4v) is 6.39. The number of nitrogens with one attached hydrogen (secondary N) is 4. The zero-order chi connectivity index (χ0) is 27.3. The second-order valence-corrected chi connectivity index (χ2v) is 11.1. The van der Waals surface area contributed by atoms with Gasteiger partial charge in [-0.05, 0) is 69.7 Å². The van der Waals surface area contributed by atoms with Crippen molar-refractivity contribution in [3.05, 3.63) is 80.0 Å². The molecular formula is C29H22Br2N4O4. The topological polar surface area (TPSA) is 124 Å². The number of carbonyl (C=O) groups is 4. The number of para-hydroxylation sites is 2. The minimum atomic E-state index is -0.431. The lowest BCUT2D eigenvalue weighted by molar-refractivity contribution is -0.124. The number of rotatable bonds is 8. The number of H-pyrrole nitrogens is 2. The number of imide groups is 2. The van der Waals surface area contributed by atoms with Crippen LogP contribution in [0.5, 0.6) is 0 Å². The van der Waals surface area contributed by atoms with Crippen LogP contribution in [0.4, 0.5) is 0 Å². The number of fused-ring (bicyclic) bond motifs is 2. The van der Waals surface area contributed by atoms with E-state index in [1.807, 2.05) is 48.5 Å². The Morgan fingerprint density at radius 1 is 0.538 bits per heavy atom. The van der Waals surface area contributed by atoms with Gasteiger partial charge >= 0.3 is 0 Å². The molecule has 0 radical (unpaired) electrons. The number of aromatic amines is 2. The van der Waals surface area contributed by atoms with Gasteiger partial charge in [0.2, 0.25) is 0 Å². The summed E-state index contributed by atoms with van der Waals surface area (Å²) in [7, 11) is 0. The van der Waals surface area contributed by atoms with E-state index in [1.165, 1.54) is 0 Å².